The fourth-order valence-corrected chi connectivity index (χ4v) is 4.77. The zero-order chi connectivity index (χ0) is 23.7. The lowest BCUT2D eigenvalue weighted by molar-refractivity contribution is -0.125. The summed E-state index contributed by atoms with van der Waals surface area (Å²) in [5.41, 5.74) is 6.08. The summed E-state index contributed by atoms with van der Waals surface area (Å²) in [6, 6.07) is 18.4. The molecule has 4 aromatic rings. The molecule has 1 atom stereocenters. The highest BCUT2D eigenvalue weighted by Crippen LogP contribution is 2.31. The number of rotatable bonds is 5. The van der Waals surface area contributed by atoms with Crippen molar-refractivity contribution in [3.8, 4) is 5.69 Å². The van der Waals surface area contributed by atoms with Gasteiger partial charge in [-0.3, -0.25) is 4.79 Å². The molecule has 0 spiro atoms. The Morgan fingerprint density at radius 2 is 1.79 bits per heavy atom. The summed E-state index contributed by atoms with van der Waals surface area (Å²) in [5.74, 6) is 0.761. The van der Waals surface area contributed by atoms with Crippen LogP contribution in [0.3, 0.4) is 0 Å². The second kappa shape index (κ2) is 9.25. The van der Waals surface area contributed by atoms with Crippen molar-refractivity contribution in [3.05, 3.63) is 77.1 Å². The summed E-state index contributed by atoms with van der Waals surface area (Å²) in [7, 11) is 0. The van der Waals surface area contributed by atoms with Gasteiger partial charge >= 0.3 is 0 Å². The number of nitrogens with one attached hydrogen (secondary N) is 1. The number of fused-ring (bicyclic) bond motifs is 1. The van der Waals surface area contributed by atoms with Gasteiger partial charge in [0.1, 0.15) is 5.52 Å². The molecule has 1 amide bonds. The molecular weight excluding hydrogens is 424 g/mol. The molecule has 1 fully saturated rings. The number of carbonyl (C=O) groups excluding carboxylic acids is 1. The van der Waals surface area contributed by atoms with Gasteiger partial charge in [-0.15, -0.1) is 5.10 Å². The van der Waals surface area contributed by atoms with Gasteiger partial charge in [0.2, 0.25) is 5.91 Å². The van der Waals surface area contributed by atoms with E-state index in [1.807, 2.05) is 41.9 Å². The topological polar surface area (TPSA) is 75.9 Å². The molecular formula is C27H30N6O. The normalized spacial score (nSPS) is 16.1. The molecule has 3 heterocycles. The van der Waals surface area contributed by atoms with E-state index in [0.29, 0.717) is 13.1 Å². The van der Waals surface area contributed by atoms with Crippen LogP contribution in [0, 0.1) is 26.7 Å². The first-order chi connectivity index (χ1) is 16.5. The molecule has 0 aliphatic carbocycles. The third kappa shape index (κ3) is 4.25. The lowest BCUT2D eigenvalue weighted by Gasteiger charge is -2.32. The molecule has 0 bridgehead atoms. The maximum absolute atomic E-state index is 13.0. The second-order valence-electron chi connectivity index (χ2n) is 9.15. The number of hydrogen-bond donors (Lipinski definition) is 1. The summed E-state index contributed by atoms with van der Waals surface area (Å²) in [6.45, 7) is 8.10. The van der Waals surface area contributed by atoms with Crippen molar-refractivity contribution in [2.45, 2.75) is 40.2 Å². The molecule has 2 aromatic heterocycles. The number of anilines is 1. The number of benzene rings is 2. The van der Waals surface area contributed by atoms with E-state index in [1.54, 1.807) is 0 Å². The Morgan fingerprint density at radius 1 is 1.03 bits per heavy atom. The number of hydrogen-bond acceptors (Lipinski definition) is 5. The van der Waals surface area contributed by atoms with Crippen molar-refractivity contribution in [1.82, 2.24) is 25.3 Å². The Labute approximate surface area is 199 Å². The average Bonchev–Trinajstić information content (AvgIpc) is 3.22. The Hall–Kier alpha value is -3.74. The van der Waals surface area contributed by atoms with Crippen LogP contribution in [-0.2, 0) is 11.3 Å². The summed E-state index contributed by atoms with van der Waals surface area (Å²) in [5, 5.41) is 18.1. The highest BCUT2D eigenvalue weighted by Gasteiger charge is 2.29. The van der Waals surface area contributed by atoms with E-state index in [2.05, 4.69) is 58.5 Å². The largest absolute Gasteiger partial charge is 0.352 e. The van der Waals surface area contributed by atoms with Gasteiger partial charge in [-0.25, -0.2) is 4.68 Å². The summed E-state index contributed by atoms with van der Waals surface area (Å²) < 4.78 is 1.96. The van der Waals surface area contributed by atoms with Crippen LogP contribution in [0.5, 0.6) is 0 Å². The van der Waals surface area contributed by atoms with E-state index in [0.717, 1.165) is 58.7 Å². The average molecular weight is 455 g/mol. The van der Waals surface area contributed by atoms with Gasteiger partial charge < -0.3 is 10.2 Å². The van der Waals surface area contributed by atoms with Gasteiger partial charge in [0.05, 0.1) is 28.4 Å². The van der Waals surface area contributed by atoms with Gasteiger partial charge in [0, 0.05) is 19.6 Å². The molecule has 7 nitrogen and oxygen atoms in total. The number of amides is 1. The molecule has 1 saturated heterocycles. The van der Waals surface area contributed by atoms with Crippen LogP contribution in [-0.4, -0.2) is 39.0 Å². The Kier molecular flexibility index (Phi) is 6.01. The van der Waals surface area contributed by atoms with Gasteiger partial charge in [0.15, 0.2) is 5.82 Å². The van der Waals surface area contributed by atoms with E-state index < -0.39 is 0 Å². The van der Waals surface area contributed by atoms with Crippen molar-refractivity contribution in [1.29, 1.82) is 0 Å². The maximum Gasteiger partial charge on any atom is 0.225 e. The number of piperidine rings is 1. The molecule has 1 aliphatic rings. The van der Waals surface area contributed by atoms with E-state index >= 15 is 0 Å². The molecule has 1 aliphatic heterocycles. The molecule has 0 saturated carbocycles. The van der Waals surface area contributed by atoms with E-state index in [1.165, 1.54) is 5.56 Å². The first-order valence-electron chi connectivity index (χ1n) is 11.9. The highest BCUT2D eigenvalue weighted by atomic mass is 16.1. The SMILES string of the molecule is Cc1ccc(CNC(=O)[C@@H]2CCCN(c3nnc(C)c4c(C)n(-c5ccccc5)nc34)C2)cc1. The summed E-state index contributed by atoms with van der Waals surface area (Å²) in [6.07, 6.45) is 1.80. The minimum Gasteiger partial charge on any atom is -0.352 e. The van der Waals surface area contributed by atoms with Crippen molar-refractivity contribution in [2.24, 2.45) is 5.92 Å². The minimum atomic E-state index is -0.0883. The Bertz CT molecular complexity index is 1310. The van der Waals surface area contributed by atoms with E-state index in [9.17, 15) is 4.79 Å². The number of carbonyl (C=O) groups is 1. The van der Waals surface area contributed by atoms with Crippen molar-refractivity contribution in [3.63, 3.8) is 0 Å². The Morgan fingerprint density at radius 3 is 2.56 bits per heavy atom. The molecule has 7 heteroatoms. The third-order valence-corrected chi connectivity index (χ3v) is 6.66. The Balaban J connectivity index is 1.38. The zero-order valence-corrected chi connectivity index (χ0v) is 20.0. The predicted octanol–water partition coefficient (Wildman–Crippen LogP) is 4.27. The van der Waals surface area contributed by atoms with Crippen molar-refractivity contribution < 1.29 is 4.79 Å². The smallest absolute Gasteiger partial charge is 0.225 e. The van der Waals surface area contributed by atoms with E-state index in [-0.39, 0.29) is 11.8 Å². The highest BCUT2D eigenvalue weighted by molar-refractivity contribution is 5.92. The molecule has 5 rings (SSSR count). The zero-order valence-electron chi connectivity index (χ0n) is 20.0. The van der Waals surface area contributed by atoms with Crippen LogP contribution < -0.4 is 10.2 Å². The van der Waals surface area contributed by atoms with Crippen LogP contribution in [0.1, 0.15) is 35.4 Å². The van der Waals surface area contributed by atoms with Crippen LogP contribution in [0.15, 0.2) is 54.6 Å². The van der Waals surface area contributed by atoms with Gasteiger partial charge in [0.25, 0.3) is 0 Å². The van der Waals surface area contributed by atoms with Crippen molar-refractivity contribution in [2.75, 3.05) is 18.0 Å². The molecule has 0 radical (unpaired) electrons. The molecule has 2 aromatic carbocycles. The van der Waals surface area contributed by atoms with Gasteiger partial charge in [-0.05, 0) is 51.3 Å². The molecule has 0 unspecified atom stereocenters. The fourth-order valence-electron chi connectivity index (χ4n) is 4.77. The summed E-state index contributed by atoms with van der Waals surface area (Å²) >= 11 is 0. The lowest BCUT2D eigenvalue weighted by Crippen LogP contribution is -2.43. The van der Waals surface area contributed by atoms with E-state index in [4.69, 9.17) is 5.10 Å². The fraction of sp³-hybridized carbons (Fsp3) is 0.333. The minimum absolute atomic E-state index is 0.0883. The summed E-state index contributed by atoms with van der Waals surface area (Å²) in [4.78, 5) is 15.2. The van der Waals surface area contributed by atoms with Crippen LogP contribution in [0.4, 0.5) is 5.82 Å². The van der Waals surface area contributed by atoms with Crippen molar-refractivity contribution >= 4 is 22.6 Å². The van der Waals surface area contributed by atoms with Gasteiger partial charge in [-0.2, -0.15) is 10.2 Å². The maximum atomic E-state index is 13.0. The second-order valence-corrected chi connectivity index (χ2v) is 9.15. The first-order valence-corrected chi connectivity index (χ1v) is 11.9. The van der Waals surface area contributed by atoms with Crippen LogP contribution >= 0.6 is 0 Å². The number of para-hydroxylation sites is 1. The number of nitrogens with zero attached hydrogens (tertiary/aromatic N) is 5. The van der Waals surface area contributed by atoms with Gasteiger partial charge in [-0.1, -0.05) is 48.0 Å². The quantitative estimate of drug-likeness (QED) is 0.487. The number of aryl methyl sites for hydroxylation is 3. The molecule has 174 valence electrons. The predicted molar refractivity (Wildman–Crippen MR) is 134 cm³/mol. The molecule has 1 N–H and O–H groups in total. The standard InChI is InChI=1S/C27H30N6O/c1-18-11-13-21(14-12-18)16-28-27(34)22-8-7-15-32(17-22)26-25-24(19(2)29-30-26)20(3)33(31-25)23-9-5-4-6-10-23/h4-6,9-14,22H,7-8,15-17H2,1-3H3,(H,28,34)/t22-/m1/s1. The monoisotopic (exact) mass is 454 g/mol. The van der Waals surface area contributed by atoms with Crippen LogP contribution in [0.2, 0.25) is 0 Å². The first kappa shape index (κ1) is 22.1. The molecule has 34 heavy (non-hydrogen) atoms. The number of aromatic nitrogens is 4. The van der Waals surface area contributed by atoms with Crippen LogP contribution in [0.25, 0.3) is 16.6 Å². The third-order valence-electron chi connectivity index (χ3n) is 6.66. The lowest BCUT2D eigenvalue weighted by atomic mass is 9.97.